The second-order valence-corrected chi connectivity index (χ2v) is 6.51. The smallest absolute Gasteiger partial charge is 0.336 e. The van der Waals surface area contributed by atoms with Gasteiger partial charge in [0.25, 0.3) is 0 Å². The quantitative estimate of drug-likeness (QED) is 0.432. The lowest BCUT2D eigenvalue weighted by molar-refractivity contribution is -0.165. The molecule has 1 aromatic rings. The largest absolute Gasteiger partial charge is 0.465 e. The van der Waals surface area contributed by atoms with Gasteiger partial charge in [0.15, 0.2) is 0 Å². The number of carbonyl (C=O) groups is 1. The van der Waals surface area contributed by atoms with E-state index in [1.807, 2.05) is 6.92 Å². The third-order valence-electron chi connectivity index (χ3n) is 4.03. The van der Waals surface area contributed by atoms with Gasteiger partial charge in [0, 0.05) is 12.0 Å². The summed E-state index contributed by atoms with van der Waals surface area (Å²) in [4.78, 5) is 49.0. The zero-order valence-electron chi connectivity index (χ0n) is 14.8. The molecule has 0 amide bonds. The van der Waals surface area contributed by atoms with Gasteiger partial charge in [-0.05, 0) is 0 Å². The summed E-state index contributed by atoms with van der Waals surface area (Å²) < 4.78 is 12.9. The van der Waals surface area contributed by atoms with Crippen LogP contribution in [0.5, 0.6) is 0 Å². The number of hydrogen-bond acceptors (Lipinski definition) is 6. The fourth-order valence-electron chi connectivity index (χ4n) is 2.51. The molecule has 1 saturated heterocycles. The molecule has 1 aliphatic rings. The number of carbonyl (C=O) groups excluding carboxylic acids is 1. The number of rotatable bonds is 9. The molecule has 142 valence electrons. The molecule has 2 heterocycles. The molecule has 0 aromatic carbocycles. The topological polar surface area (TPSA) is 102 Å². The Morgan fingerprint density at radius 3 is 2.00 bits per heavy atom. The van der Waals surface area contributed by atoms with Crippen LogP contribution in [-0.4, -0.2) is 39.5 Å². The van der Waals surface area contributed by atoms with E-state index in [9.17, 15) is 19.2 Å². The van der Waals surface area contributed by atoms with E-state index in [-0.39, 0.29) is 38.1 Å². The first kappa shape index (κ1) is 19.6. The molecule has 0 radical (unpaired) electrons. The second kappa shape index (κ2) is 8.13. The van der Waals surface area contributed by atoms with Crippen molar-refractivity contribution in [2.24, 2.45) is 5.41 Å². The number of aromatic nitrogens is 3. The van der Waals surface area contributed by atoms with Crippen LogP contribution in [0.4, 0.5) is 0 Å². The van der Waals surface area contributed by atoms with Crippen LogP contribution < -0.4 is 17.1 Å². The van der Waals surface area contributed by atoms with Crippen molar-refractivity contribution in [1.82, 2.24) is 13.7 Å². The molecule has 9 heteroatoms. The van der Waals surface area contributed by atoms with Gasteiger partial charge in [0.05, 0.1) is 32.7 Å². The Balaban J connectivity index is 2.19. The molecule has 0 N–H and O–H groups in total. The summed E-state index contributed by atoms with van der Waals surface area (Å²) in [6.07, 6.45) is 2.60. The van der Waals surface area contributed by atoms with Crippen molar-refractivity contribution in [3.05, 3.63) is 56.8 Å². The minimum Gasteiger partial charge on any atom is -0.465 e. The summed E-state index contributed by atoms with van der Waals surface area (Å²) in [5.74, 6) is -0.527. The van der Waals surface area contributed by atoms with Gasteiger partial charge in [-0.25, -0.2) is 28.1 Å². The minimum absolute atomic E-state index is 0.0438. The Morgan fingerprint density at radius 2 is 1.58 bits per heavy atom. The van der Waals surface area contributed by atoms with Gasteiger partial charge >= 0.3 is 23.0 Å². The Kier molecular flexibility index (Phi) is 6.14. The van der Waals surface area contributed by atoms with Crippen molar-refractivity contribution in [3.8, 4) is 0 Å². The fourth-order valence-corrected chi connectivity index (χ4v) is 2.51. The summed E-state index contributed by atoms with van der Waals surface area (Å²) in [7, 11) is 0. The Hall–Kier alpha value is -2.68. The van der Waals surface area contributed by atoms with Gasteiger partial charge in [-0.3, -0.25) is 4.79 Å². The summed E-state index contributed by atoms with van der Waals surface area (Å²) in [5, 5.41) is 0. The molecular formula is C17H23N3O6. The highest BCUT2D eigenvalue weighted by Gasteiger charge is 2.34. The molecule has 0 unspecified atom stereocenters. The highest BCUT2D eigenvalue weighted by atomic mass is 16.5. The van der Waals surface area contributed by atoms with Crippen molar-refractivity contribution in [2.75, 3.05) is 19.8 Å². The van der Waals surface area contributed by atoms with Crippen molar-refractivity contribution in [3.63, 3.8) is 0 Å². The fraction of sp³-hybridized carbons (Fsp3) is 0.529. The Labute approximate surface area is 149 Å². The third-order valence-corrected chi connectivity index (χ3v) is 4.03. The van der Waals surface area contributed by atoms with Crippen LogP contribution in [0.15, 0.2) is 39.7 Å². The Morgan fingerprint density at radius 1 is 1.08 bits per heavy atom. The van der Waals surface area contributed by atoms with Crippen molar-refractivity contribution < 1.29 is 14.3 Å². The van der Waals surface area contributed by atoms with E-state index in [1.54, 1.807) is 0 Å². The zero-order chi connectivity index (χ0) is 19.3. The van der Waals surface area contributed by atoms with E-state index in [1.165, 1.54) is 12.2 Å². The van der Waals surface area contributed by atoms with E-state index in [0.717, 1.165) is 13.7 Å². The number of esters is 1. The van der Waals surface area contributed by atoms with Gasteiger partial charge in [-0.15, -0.1) is 13.2 Å². The van der Waals surface area contributed by atoms with Gasteiger partial charge in [0.1, 0.15) is 6.61 Å². The lowest BCUT2D eigenvalue weighted by atomic mass is 9.90. The number of ether oxygens (including phenoxy) is 2. The molecule has 1 aromatic heterocycles. The minimum atomic E-state index is -0.785. The molecule has 2 rings (SSSR count). The third kappa shape index (κ3) is 4.10. The molecule has 0 atom stereocenters. The summed E-state index contributed by atoms with van der Waals surface area (Å²) in [6.45, 7) is 9.94. The van der Waals surface area contributed by atoms with Gasteiger partial charge in [-0.1, -0.05) is 19.1 Å². The monoisotopic (exact) mass is 365 g/mol. The summed E-state index contributed by atoms with van der Waals surface area (Å²) >= 11 is 0. The molecule has 1 fully saturated rings. The number of allylic oxidation sites excluding steroid dienone is 2. The number of hydrogen-bond donors (Lipinski definition) is 0. The SMILES string of the molecule is C=CCn1c(=O)n(CC=C)c(=O)n(CCC(=O)OCC2(C)COC2)c1=O. The maximum absolute atomic E-state index is 12.4. The lowest BCUT2D eigenvalue weighted by Gasteiger charge is -2.37. The number of nitrogens with zero attached hydrogens (tertiary/aromatic N) is 3. The normalized spacial score (nSPS) is 15.1. The van der Waals surface area contributed by atoms with Crippen molar-refractivity contribution >= 4 is 5.97 Å². The Bertz CT molecular complexity index is 824. The standard InChI is InChI=1S/C17H23N3O6/c1-4-7-18-14(22)19(8-5-2)16(24)20(15(18)23)9-6-13(21)26-12-17(3)10-25-11-17/h4-5H,1-2,6-12H2,3H3. The van der Waals surface area contributed by atoms with E-state index in [4.69, 9.17) is 9.47 Å². The molecule has 0 saturated carbocycles. The molecule has 0 spiro atoms. The van der Waals surface area contributed by atoms with Crippen LogP contribution in [0.1, 0.15) is 13.3 Å². The highest BCUT2D eigenvalue weighted by molar-refractivity contribution is 5.69. The molecule has 9 nitrogen and oxygen atoms in total. The van der Waals surface area contributed by atoms with Crippen LogP contribution in [0.25, 0.3) is 0 Å². The molecule has 0 bridgehead atoms. The predicted octanol–water partition coefficient (Wildman–Crippen LogP) is -0.486. The first-order chi connectivity index (χ1) is 12.3. The maximum atomic E-state index is 12.4. The highest BCUT2D eigenvalue weighted by Crippen LogP contribution is 2.26. The molecule has 1 aliphatic heterocycles. The van der Waals surface area contributed by atoms with Crippen LogP contribution >= 0.6 is 0 Å². The van der Waals surface area contributed by atoms with Gasteiger partial charge in [0.2, 0.25) is 0 Å². The van der Waals surface area contributed by atoms with Crippen LogP contribution in [0.3, 0.4) is 0 Å². The van der Waals surface area contributed by atoms with Crippen molar-refractivity contribution in [2.45, 2.75) is 33.0 Å². The van der Waals surface area contributed by atoms with E-state index in [0.29, 0.717) is 13.2 Å². The average molecular weight is 365 g/mol. The summed E-state index contributed by atoms with van der Waals surface area (Å²) in [6, 6.07) is 0. The molecular weight excluding hydrogens is 342 g/mol. The van der Waals surface area contributed by atoms with Gasteiger partial charge < -0.3 is 9.47 Å². The van der Waals surface area contributed by atoms with Crippen LogP contribution in [-0.2, 0) is 33.9 Å². The molecule has 26 heavy (non-hydrogen) atoms. The van der Waals surface area contributed by atoms with E-state index >= 15 is 0 Å². The predicted molar refractivity (Wildman–Crippen MR) is 94.1 cm³/mol. The van der Waals surface area contributed by atoms with Crippen molar-refractivity contribution in [1.29, 1.82) is 0 Å². The van der Waals surface area contributed by atoms with E-state index in [2.05, 4.69) is 13.2 Å². The summed E-state index contributed by atoms with van der Waals surface area (Å²) in [5.41, 5.74) is -2.49. The zero-order valence-corrected chi connectivity index (χ0v) is 14.8. The second-order valence-electron chi connectivity index (χ2n) is 6.51. The first-order valence-corrected chi connectivity index (χ1v) is 8.22. The molecule has 0 aliphatic carbocycles. The maximum Gasteiger partial charge on any atom is 0.336 e. The van der Waals surface area contributed by atoms with E-state index < -0.39 is 23.0 Å². The average Bonchev–Trinajstić information content (AvgIpc) is 2.58. The van der Waals surface area contributed by atoms with Crippen LogP contribution in [0, 0.1) is 5.41 Å². The van der Waals surface area contributed by atoms with Gasteiger partial charge in [-0.2, -0.15) is 0 Å². The first-order valence-electron chi connectivity index (χ1n) is 8.22. The lowest BCUT2D eigenvalue weighted by Crippen LogP contribution is -2.54. The van der Waals surface area contributed by atoms with Crippen LogP contribution in [0.2, 0.25) is 0 Å².